The first-order chi connectivity index (χ1) is 15.6. The van der Waals surface area contributed by atoms with E-state index in [1.54, 1.807) is 17.3 Å². The fraction of sp³-hybridized carbons (Fsp3) is 0.545. The summed E-state index contributed by atoms with van der Waals surface area (Å²) in [5.74, 6) is -1.10. The highest BCUT2D eigenvalue weighted by molar-refractivity contribution is 5.95. The van der Waals surface area contributed by atoms with Crippen LogP contribution in [0.25, 0.3) is 5.82 Å². The second kappa shape index (κ2) is 10.3. The van der Waals surface area contributed by atoms with Crippen molar-refractivity contribution in [1.29, 1.82) is 0 Å². The summed E-state index contributed by atoms with van der Waals surface area (Å²) in [5.41, 5.74) is 2.84. The van der Waals surface area contributed by atoms with Crippen LogP contribution < -0.4 is 0 Å². The van der Waals surface area contributed by atoms with Crippen molar-refractivity contribution in [2.24, 2.45) is 5.92 Å². The minimum atomic E-state index is -5.08. The zero-order valence-corrected chi connectivity index (χ0v) is 18.7. The van der Waals surface area contributed by atoms with Gasteiger partial charge < -0.3 is 10.0 Å². The monoisotopic (exact) mass is 467 g/mol. The van der Waals surface area contributed by atoms with Gasteiger partial charge in [0, 0.05) is 45.0 Å². The van der Waals surface area contributed by atoms with Gasteiger partial charge in [0.25, 0.3) is 5.91 Å². The number of amides is 1. The number of hydrogen-bond donors (Lipinski definition) is 1. The summed E-state index contributed by atoms with van der Waals surface area (Å²) in [6.45, 7) is 5.36. The third kappa shape index (κ3) is 5.89. The normalized spacial score (nSPS) is 16.3. The summed E-state index contributed by atoms with van der Waals surface area (Å²) >= 11 is 0. The topological polar surface area (TPSA) is 91.6 Å². The molecule has 33 heavy (non-hydrogen) atoms. The van der Waals surface area contributed by atoms with Gasteiger partial charge in [0.2, 0.25) is 0 Å². The van der Waals surface area contributed by atoms with Crippen LogP contribution in [0.5, 0.6) is 0 Å². The van der Waals surface area contributed by atoms with E-state index in [4.69, 9.17) is 9.90 Å². The lowest BCUT2D eigenvalue weighted by Crippen LogP contribution is -2.30. The molecular formula is C22H28F3N5O3. The third-order valence-electron chi connectivity index (χ3n) is 5.99. The highest BCUT2D eigenvalue weighted by atomic mass is 19.4. The number of hydrogen-bond acceptors (Lipinski definition) is 5. The highest BCUT2D eigenvalue weighted by Gasteiger charge is 2.38. The van der Waals surface area contributed by atoms with E-state index in [1.165, 1.54) is 31.2 Å². The standard InChI is InChI=1S/C20H27N5O.C2HF3O2/c1-3-23(2)20(26)17-11-22-25-18(17)14-24(12-15-7-4-5-8-15)13-16-9-6-10-21-19(16)25;3-2(4,5)1(6)7/h6,9-11,15H,3-5,7-8,12-14H2,1-2H3;(H,6,7). The van der Waals surface area contributed by atoms with Gasteiger partial charge in [-0.2, -0.15) is 18.3 Å². The average molecular weight is 467 g/mol. The Balaban J connectivity index is 0.000000383. The molecule has 0 radical (unpaired) electrons. The lowest BCUT2D eigenvalue weighted by atomic mass is 10.1. The van der Waals surface area contributed by atoms with Gasteiger partial charge in [-0.25, -0.2) is 14.5 Å². The Morgan fingerprint density at radius 2 is 1.91 bits per heavy atom. The summed E-state index contributed by atoms with van der Waals surface area (Å²) in [7, 11) is 1.84. The van der Waals surface area contributed by atoms with Gasteiger partial charge in [-0.05, 0) is 31.7 Å². The lowest BCUT2D eigenvalue weighted by molar-refractivity contribution is -0.192. The number of carbonyl (C=O) groups excluding carboxylic acids is 1. The van der Waals surface area contributed by atoms with Crippen LogP contribution >= 0.6 is 0 Å². The van der Waals surface area contributed by atoms with Crippen LogP contribution in [-0.2, 0) is 17.9 Å². The molecule has 1 fully saturated rings. The SMILES string of the molecule is CCN(C)C(=O)c1cnn2c1CN(CC1CCCC1)Cc1cccnc1-2.O=C(O)C(F)(F)F. The Bertz CT molecular complexity index is 986. The first-order valence-corrected chi connectivity index (χ1v) is 10.9. The van der Waals surface area contributed by atoms with Crippen molar-refractivity contribution in [2.45, 2.75) is 51.9 Å². The molecule has 0 saturated heterocycles. The van der Waals surface area contributed by atoms with Gasteiger partial charge in [0.1, 0.15) is 0 Å². The first-order valence-electron chi connectivity index (χ1n) is 10.9. The van der Waals surface area contributed by atoms with Crippen LogP contribution in [0.3, 0.4) is 0 Å². The second-order valence-electron chi connectivity index (χ2n) is 8.35. The lowest BCUT2D eigenvalue weighted by Gasteiger charge is -2.24. The Hall–Kier alpha value is -2.95. The summed E-state index contributed by atoms with van der Waals surface area (Å²) in [5, 5.41) is 11.7. The molecule has 2 aromatic heterocycles. The molecule has 0 unspecified atom stereocenters. The Kier molecular flexibility index (Phi) is 7.72. The molecule has 3 heterocycles. The maximum Gasteiger partial charge on any atom is 0.490 e. The van der Waals surface area contributed by atoms with E-state index in [1.807, 2.05) is 24.7 Å². The van der Waals surface area contributed by atoms with Crippen LogP contribution in [0.1, 0.15) is 54.2 Å². The number of carboxylic acids is 1. The van der Waals surface area contributed by atoms with E-state index < -0.39 is 12.1 Å². The Morgan fingerprint density at radius 3 is 2.52 bits per heavy atom. The smallest absolute Gasteiger partial charge is 0.475 e. The van der Waals surface area contributed by atoms with Gasteiger partial charge in [-0.1, -0.05) is 18.9 Å². The highest BCUT2D eigenvalue weighted by Crippen LogP contribution is 2.30. The van der Waals surface area contributed by atoms with Gasteiger partial charge in [-0.15, -0.1) is 0 Å². The van der Waals surface area contributed by atoms with Crippen LogP contribution in [-0.4, -0.2) is 67.9 Å². The van der Waals surface area contributed by atoms with Crippen molar-refractivity contribution in [2.75, 3.05) is 20.1 Å². The van der Waals surface area contributed by atoms with Gasteiger partial charge in [0.05, 0.1) is 17.5 Å². The van der Waals surface area contributed by atoms with Crippen molar-refractivity contribution in [1.82, 2.24) is 24.6 Å². The summed E-state index contributed by atoms with van der Waals surface area (Å²) in [6.07, 6.45) is 3.76. The Morgan fingerprint density at radius 1 is 1.24 bits per heavy atom. The maximum absolute atomic E-state index is 12.8. The first kappa shape index (κ1) is 24.7. The summed E-state index contributed by atoms with van der Waals surface area (Å²) in [6, 6.07) is 4.11. The quantitative estimate of drug-likeness (QED) is 0.740. The van der Waals surface area contributed by atoms with E-state index in [0.717, 1.165) is 37.1 Å². The van der Waals surface area contributed by atoms with Gasteiger partial charge in [0.15, 0.2) is 5.82 Å². The van der Waals surface area contributed by atoms with Crippen molar-refractivity contribution < 1.29 is 27.9 Å². The molecule has 1 aliphatic carbocycles. The molecule has 180 valence electrons. The van der Waals surface area contributed by atoms with Crippen LogP contribution in [0.4, 0.5) is 13.2 Å². The Labute approximate surface area is 190 Å². The average Bonchev–Trinajstić information content (AvgIpc) is 3.40. The minimum absolute atomic E-state index is 0.0361. The van der Waals surface area contributed by atoms with E-state index in [9.17, 15) is 18.0 Å². The predicted molar refractivity (Wildman–Crippen MR) is 114 cm³/mol. The van der Waals surface area contributed by atoms with E-state index in [2.05, 4.69) is 21.0 Å². The van der Waals surface area contributed by atoms with Crippen molar-refractivity contribution >= 4 is 11.9 Å². The van der Waals surface area contributed by atoms with Crippen LogP contribution in [0, 0.1) is 5.92 Å². The fourth-order valence-corrected chi connectivity index (χ4v) is 4.18. The number of carbonyl (C=O) groups is 2. The molecule has 1 saturated carbocycles. The number of nitrogens with zero attached hydrogens (tertiary/aromatic N) is 5. The molecule has 11 heteroatoms. The zero-order chi connectivity index (χ0) is 24.2. The molecule has 4 rings (SSSR count). The molecule has 2 aliphatic rings. The fourth-order valence-electron chi connectivity index (χ4n) is 4.18. The summed E-state index contributed by atoms with van der Waals surface area (Å²) < 4.78 is 33.6. The zero-order valence-electron chi connectivity index (χ0n) is 18.7. The van der Waals surface area contributed by atoms with Gasteiger partial charge in [-0.3, -0.25) is 9.69 Å². The molecule has 1 amide bonds. The molecule has 0 spiro atoms. The molecule has 0 bridgehead atoms. The maximum atomic E-state index is 12.8. The third-order valence-corrected chi connectivity index (χ3v) is 5.99. The number of aliphatic carboxylic acids is 1. The van der Waals surface area contributed by atoms with Gasteiger partial charge >= 0.3 is 12.1 Å². The van der Waals surface area contributed by atoms with Crippen LogP contribution in [0.15, 0.2) is 24.5 Å². The molecule has 1 N–H and O–H groups in total. The number of fused-ring (bicyclic) bond motifs is 3. The van der Waals surface area contributed by atoms with Crippen molar-refractivity contribution in [3.63, 3.8) is 0 Å². The molecular weight excluding hydrogens is 439 g/mol. The molecule has 2 aromatic rings. The number of alkyl halides is 3. The van der Waals surface area contributed by atoms with Crippen molar-refractivity contribution in [3.05, 3.63) is 41.3 Å². The largest absolute Gasteiger partial charge is 0.490 e. The predicted octanol–water partition coefficient (Wildman–Crippen LogP) is 3.50. The number of halogens is 3. The minimum Gasteiger partial charge on any atom is -0.475 e. The van der Waals surface area contributed by atoms with Crippen molar-refractivity contribution in [3.8, 4) is 5.82 Å². The van der Waals surface area contributed by atoms with Crippen LogP contribution in [0.2, 0.25) is 0 Å². The molecule has 8 nitrogen and oxygen atoms in total. The number of rotatable bonds is 4. The number of pyridine rings is 1. The molecule has 0 atom stereocenters. The number of carboxylic acid groups (broad SMARTS) is 1. The summed E-state index contributed by atoms with van der Waals surface area (Å²) in [4.78, 5) is 30.5. The van der Waals surface area contributed by atoms with E-state index in [0.29, 0.717) is 12.1 Å². The number of aromatic nitrogens is 3. The van der Waals surface area contributed by atoms with E-state index >= 15 is 0 Å². The molecule has 0 aromatic carbocycles. The second-order valence-corrected chi connectivity index (χ2v) is 8.35. The molecule has 1 aliphatic heterocycles. The van der Waals surface area contributed by atoms with E-state index in [-0.39, 0.29) is 5.91 Å².